The summed E-state index contributed by atoms with van der Waals surface area (Å²) in [5.74, 6) is -0.673. The van der Waals surface area contributed by atoms with E-state index in [0.717, 1.165) is 4.70 Å². The number of nitrogens with zero attached hydrogens (tertiary/aromatic N) is 4. The second-order valence-electron chi connectivity index (χ2n) is 8.10. The first-order valence-electron chi connectivity index (χ1n) is 10.4. The van der Waals surface area contributed by atoms with Gasteiger partial charge in [0.2, 0.25) is 11.8 Å². The molecule has 4 rings (SSSR count). The minimum atomic E-state index is -0.533. The van der Waals surface area contributed by atoms with Crippen LogP contribution in [0.1, 0.15) is 6.42 Å². The first-order chi connectivity index (χ1) is 15.8. The lowest BCUT2D eigenvalue weighted by Crippen LogP contribution is -2.41. The minimum absolute atomic E-state index is 0. The number of benzene rings is 2. The molecule has 0 N–H and O–H groups in total. The highest BCUT2D eigenvalue weighted by Gasteiger charge is 2.38. The fourth-order valence-electron chi connectivity index (χ4n) is 3.79. The van der Waals surface area contributed by atoms with Crippen molar-refractivity contribution < 1.29 is 18.7 Å². The Kier molecular flexibility index (Phi) is 8.35. The van der Waals surface area contributed by atoms with Crippen molar-refractivity contribution in [1.29, 1.82) is 0 Å². The van der Waals surface area contributed by atoms with Crippen molar-refractivity contribution in [2.75, 3.05) is 50.6 Å². The zero-order valence-electron chi connectivity index (χ0n) is 19.0. The van der Waals surface area contributed by atoms with Crippen LogP contribution in [0.15, 0.2) is 36.4 Å². The lowest BCUT2D eigenvalue weighted by molar-refractivity contribution is -0.124. The fraction of sp³-hybridized carbons (Fsp3) is 0.348. The number of amides is 2. The van der Waals surface area contributed by atoms with Crippen molar-refractivity contribution in [3.63, 3.8) is 0 Å². The SMILES string of the molecule is COc1ccc(Cl)c2sc(N(CCN(C)C)C(=O)C3CC(=O)N(c4ccc(F)cc4)C3)nc12.Cl. The van der Waals surface area contributed by atoms with Gasteiger partial charge in [-0.15, -0.1) is 12.4 Å². The number of thiazole rings is 1. The Morgan fingerprint density at radius 3 is 2.59 bits per heavy atom. The second-order valence-corrected chi connectivity index (χ2v) is 9.48. The molecular weight excluding hydrogens is 502 g/mol. The van der Waals surface area contributed by atoms with E-state index in [1.54, 1.807) is 36.3 Å². The van der Waals surface area contributed by atoms with Gasteiger partial charge < -0.3 is 14.5 Å². The number of likely N-dealkylation sites (N-methyl/N-ethyl adjacent to an activating group) is 1. The number of hydrogen-bond donors (Lipinski definition) is 0. The topological polar surface area (TPSA) is 66.0 Å². The third kappa shape index (κ3) is 5.27. The van der Waals surface area contributed by atoms with Crippen LogP contribution >= 0.6 is 35.3 Å². The molecule has 0 radical (unpaired) electrons. The highest BCUT2D eigenvalue weighted by Crippen LogP contribution is 2.39. The molecule has 34 heavy (non-hydrogen) atoms. The maximum absolute atomic E-state index is 13.6. The van der Waals surface area contributed by atoms with E-state index in [9.17, 15) is 14.0 Å². The van der Waals surface area contributed by atoms with E-state index >= 15 is 0 Å². The molecule has 11 heteroatoms. The van der Waals surface area contributed by atoms with E-state index in [1.807, 2.05) is 19.0 Å². The minimum Gasteiger partial charge on any atom is -0.494 e. The average molecular weight is 527 g/mol. The fourth-order valence-corrected chi connectivity index (χ4v) is 5.07. The molecule has 1 atom stereocenters. The van der Waals surface area contributed by atoms with Gasteiger partial charge in [0, 0.05) is 31.7 Å². The summed E-state index contributed by atoms with van der Waals surface area (Å²) in [4.78, 5) is 36.1. The molecule has 0 spiro atoms. The summed E-state index contributed by atoms with van der Waals surface area (Å²) in [5.41, 5.74) is 1.18. The van der Waals surface area contributed by atoms with Crippen LogP contribution in [-0.4, -0.2) is 62.5 Å². The lowest BCUT2D eigenvalue weighted by atomic mass is 10.1. The Balaban J connectivity index is 0.00000324. The van der Waals surface area contributed by atoms with E-state index in [0.29, 0.717) is 40.2 Å². The highest BCUT2D eigenvalue weighted by molar-refractivity contribution is 7.23. The van der Waals surface area contributed by atoms with Crippen LogP contribution in [0.5, 0.6) is 5.75 Å². The van der Waals surface area contributed by atoms with Gasteiger partial charge in [0.25, 0.3) is 0 Å². The van der Waals surface area contributed by atoms with Crippen LogP contribution < -0.4 is 14.5 Å². The van der Waals surface area contributed by atoms with Crippen molar-refractivity contribution in [3.8, 4) is 5.75 Å². The standard InChI is InChI=1S/C23H24ClFN4O3S.ClH/c1-27(2)10-11-28(23-26-20-18(32-3)9-8-17(24)21(20)33-23)22(31)14-12-19(30)29(13-14)16-6-4-15(25)5-7-16;/h4-9,14H,10-13H2,1-3H3;1H. The third-order valence-corrected chi connectivity index (χ3v) is 7.09. The predicted molar refractivity (Wildman–Crippen MR) is 136 cm³/mol. The maximum Gasteiger partial charge on any atom is 0.234 e. The van der Waals surface area contributed by atoms with Crippen LogP contribution in [0.25, 0.3) is 10.2 Å². The number of rotatable bonds is 7. The van der Waals surface area contributed by atoms with Gasteiger partial charge >= 0.3 is 0 Å². The summed E-state index contributed by atoms with van der Waals surface area (Å²) in [6.45, 7) is 1.26. The molecule has 3 aromatic rings. The zero-order chi connectivity index (χ0) is 23.7. The molecule has 1 aliphatic heterocycles. The maximum atomic E-state index is 13.6. The smallest absolute Gasteiger partial charge is 0.234 e. The summed E-state index contributed by atoms with van der Waals surface area (Å²) in [5, 5.41) is 1.05. The Labute approximate surface area is 212 Å². The first kappa shape index (κ1) is 26.2. The van der Waals surface area contributed by atoms with Gasteiger partial charge in [0.1, 0.15) is 17.1 Å². The van der Waals surface area contributed by atoms with Crippen molar-refractivity contribution in [1.82, 2.24) is 9.88 Å². The molecule has 0 bridgehead atoms. The number of hydrogen-bond acceptors (Lipinski definition) is 6. The molecule has 182 valence electrons. The Morgan fingerprint density at radius 1 is 1.24 bits per heavy atom. The summed E-state index contributed by atoms with van der Waals surface area (Å²) in [7, 11) is 5.41. The van der Waals surface area contributed by atoms with Crippen LogP contribution in [0, 0.1) is 11.7 Å². The third-order valence-electron chi connectivity index (χ3n) is 5.55. The lowest BCUT2D eigenvalue weighted by Gasteiger charge is -2.24. The summed E-state index contributed by atoms with van der Waals surface area (Å²) >= 11 is 7.70. The number of ether oxygens (including phenoxy) is 1. The van der Waals surface area contributed by atoms with Crippen LogP contribution in [0.2, 0.25) is 5.02 Å². The van der Waals surface area contributed by atoms with Crippen LogP contribution in [0.3, 0.4) is 0 Å². The van der Waals surface area contributed by atoms with E-state index in [1.165, 1.54) is 28.4 Å². The van der Waals surface area contributed by atoms with Crippen molar-refractivity contribution in [2.45, 2.75) is 6.42 Å². The molecule has 0 aliphatic carbocycles. The molecule has 7 nitrogen and oxygen atoms in total. The Morgan fingerprint density at radius 2 is 1.94 bits per heavy atom. The van der Waals surface area contributed by atoms with Gasteiger partial charge in [0.15, 0.2) is 5.13 Å². The quantitative estimate of drug-likeness (QED) is 0.454. The molecular formula is C23H25Cl2FN4O3S. The van der Waals surface area contributed by atoms with Gasteiger partial charge in [-0.2, -0.15) is 0 Å². The van der Waals surface area contributed by atoms with E-state index < -0.39 is 5.92 Å². The number of carbonyl (C=O) groups is 2. The normalized spacial score (nSPS) is 15.6. The molecule has 1 fully saturated rings. The molecule has 2 amide bonds. The first-order valence-corrected chi connectivity index (χ1v) is 11.6. The van der Waals surface area contributed by atoms with Gasteiger partial charge in [-0.05, 0) is 50.5 Å². The molecule has 1 unspecified atom stereocenters. The number of methoxy groups -OCH3 is 1. The summed E-state index contributed by atoms with van der Waals surface area (Å²) in [6, 6.07) is 9.19. The van der Waals surface area contributed by atoms with Gasteiger partial charge in [-0.25, -0.2) is 9.37 Å². The van der Waals surface area contributed by atoms with Crippen molar-refractivity contribution in [3.05, 3.63) is 47.2 Å². The largest absolute Gasteiger partial charge is 0.494 e. The monoisotopic (exact) mass is 526 g/mol. The Bertz CT molecular complexity index is 1190. The van der Waals surface area contributed by atoms with E-state index in [-0.39, 0.29) is 43.0 Å². The predicted octanol–water partition coefficient (Wildman–Crippen LogP) is 4.47. The molecule has 0 saturated carbocycles. The molecule has 1 aromatic heterocycles. The summed E-state index contributed by atoms with van der Waals surface area (Å²) < 4.78 is 19.5. The number of fused-ring (bicyclic) bond motifs is 1. The van der Waals surface area contributed by atoms with Gasteiger partial charge in [-0.1, -0.05) is 22.9 Å². The van der Waals surface area contributed by atoms with E-state index in [4.69, 9.17) is 16.3 Å². The number of carbonyl (C=O) groups excluding carboxylic acids is 2. The number of anilines is 2. The van der Waals surface area contributed by atoms with Gasteiger partial charge in [-0.3, -0.25) is 14.5 Å². The van der Waals surface area contributed by atoms with Crippen molar-refractivity contribution >= 4 is 68.2 Å². The van der Waals surface area contributed by atoms with Crippen LogP contribution in [-0.2, 0) is 9.59 Å². The van der Waals surface area contributed by atoms with Crippen LogP contribution in [0.4, 0.5) is 15.2 Å². The van der Waals surface area contributed by atoms with Gasteiger partial charge in [0.05, 0.1) is 22.8 Å². The number of halogens is 3. The molecule has 2 aromatic carbocycles. The molecule has 1 saturated heterocycles. The molecule has 2 heterocycles. The molecule has 1 aliphatic rings. The highest BCUT2D eigenvalue weighted by atomic mass is 35.5. The Hall–Kier alpha value is -2.46. The zero-order valence-corrected chi connectivity index (χ0v) is 21.3. The summed E-state index contributed by atoms with van der Waals surface area (Å²) in [6.07, 6.45) is 0.0870. The number of aromatic nitrogens is 1. The van der Waals surface area contributed by atoms with E-state index in [2.05, 4.69) is 4.98 Å². The van der Waals surface area contributed by atoms with Crippen molar-refractivity contribution in [2.24, 2.45) is 5.92 Å². The average Bonchev–Trinajstić information content (AvgIpc) is 3.39. The second kappa shape index (κ2) is 10.9.